The van der Waals surface area contributed by atoms with Gasteiger partial charge in [0.25, 0.3) is 0 Å². The minimum absolute atomic E-state index is 0.367. The number of hydrogen-bond acceptors (Lipinski definition) is 4. The SMILES string of the molecule is CCCNCc1nnnn1C1Cc2ccccc2C1. The Hall–Kier alpha value is -1.75. The van der Waals surface area contributed by atoms with E-state index in [1.807, 2.05) is 4.68 Å². The van der Waals surface area contributed by atoms with Crippen LogP contribution in [0.2, 0.25) is 0 Å². The Morgan fingerprint density at radius 3 is 2.68 bits per heavy atom. The Kier molecular flexibility index (Phi) is 3.55. The molecule has 0 atom stereocenters. The fourth-order valence-electron chi connectivity index (χ4n) is 2.70. The zero-order valence-electron chi connectivity index (χ0n) is 11.2. The van der Waals surface area contributed by atoms with Crippen molar-refractivity contribution >= 4 is 0 Å². The number of nitrogens with one attached hydrogen (secondary N) is 1. The standard InChI is InChI=1S/C14H19N5/c1-2-7-15-10-14-16-17-18-19(14)13-8-11-5-3-4-6-12(11)9-13/h3-6,13,15H,2,7-10H2,1H3. The van der Waals surface area contributed by atoms with Gasteiger partial charge in [0.1, 0.15) is 0 Å². The Labute approximate surface area is 113 Å². The first-order valence-electron chi connectivity index (χ1n) is 6.92. The number of rotatable bonds is 5. The van der Waals surface area contributed by atoms with Gasteiger partial charge in [-0.15, -0.1) is 5.10 Å². The van der Waals surface area contributed by atoms with Crippen molar-refractivity contribution in [3.63, 3.8) is 0 Å². The summed E-state index contributed by atoms with van der Waals surface area (Å²) in [4.78, 5) is 0. The lowest BCUT2D eigenvalue weighted by atomic mass is 10.1. The van der Waals surface area contributed by atoms with Gasteiger partial charge in [-0.05, 0) is 47.4 Å². The maximum Gasteiger partial charge on any atom is 0.165 e. The zero-order chi connectivity index (χ0) is 13.1. The summed E-state index contributed by atoms with van der Waals surface area (Å²) < 4.78 is 1.99. The van der Waals surface area contributed by atoms with E-state index < -0.39 is 0 Å². The van der Waals surface area contributed by atoms with Gasteiger partial charge in [-0.2, -0.15) is 0 Å². The van der Waals surface area contributed by atoms with Crippen LogP contribution in [-0.2, 0) is 19.4 Å². The predicted octanol–water partition coefficient (Wildman–Crippen LogP) is 1.51. The molecule has 5 heteroatoms. The van der Waals surface area contributed by atoms with Crippen molar-refractivity contribution in [1.29, 1.82) is 0 Å². The Morgan fingerprint density at radius 2 is 2.00 bits per heavy atom. The van der Waals surface area contributed by atoms with Crippen molar-refractivity contribution in [3.8, 4) is 0 Å². The molecule has 19 heavy (non-hydrogen) atoms. The van der Waals surface area contributed by atoms with Gasteiger partial charge in [0.15, 0.2) is 5.82 Å². The molecule has 1 aromatic carbocycles. The second-order valence-electron chi connectivity index (χ2n) is 5.05. The quantitative estimate of drug-likeness (QED) is 0.825. The van der Waals surface area contributed by atoms with Crippen LogP contribution in [0.5, 0.6) is 0 Å². The van der Waals surface area contributed by atoms with Crippen molar-refractivity contribution in [2.45, 2.75) is 38.8 Å². The van der Waals surface area contributed by atoms with Crippen LogP contribution in [-0.4, -0.2) is 26.8 Å². The van der Waals surface area contributed by atoms with Crippen molar-refractivity contribution in [2.24, 2.45) is 0 Å². The van der Waals surface area contributed by atoms with Crippen LogP contribution in [0.4, 0.5) is 0 Å². The molecule has 3 rings (SSSR count). The smallest absolute Gasteiger partial charge is 0.165 e. The van der Waals surface area contributed by atoms with Crippen LogP contribution in [0.1, 0.15) is 36.3 Å². The monoisotopic (exact) mass is 257 g/mol. The summed E-state index contributed by atoms with van der Waals surface area (Å²) in [7, 11) is 0. The predicted molar refractivity (Wildman–Crippen MR) is 72.7 cm³/mol. The number of fused-ring (bicyclic) bond motifs is 1. The summed E-state index contributed by atoms with van der Waals surface area (Å²) in [6.07, 6.45) is 3.18. The van der Waals surface area contributed by atoms with Crippen LogP contribution >= 0.6 is 0 Å². The molecule has 0 fully saturated rings. The second kappa shape index (κ2) is 5.48. The van der Waals surface area contributed by atoms with E-state index in [1.165, 1.54) is 11.1 Å². The fourth-order valence-corrected chi connectivity index (χ4v) is 2.70. The summed E-state index contributed by atoms with van der Waals surface area (Å²) >= 11 is 0. The van der Waals surface area contributed by atoms with E-state index in [2.05, 4.69) is 52.0 Å². The second-order valence-corrected chi connectivity index (χ2v) is 5.05. The van der Waals surface area contributed by atoms with Gasteiger partial charge in [-0.3, -0.25) is 0 Å². The number of hydrogen-bond donors (Lipinski definition) is 1. The van der Waals surface area contributed by atoms with Crippen LogP contribution in [0, 0.1) is 0 Å². The molecule has 1 heterocycles. The van der Waals surface area contributed by atoms with Crippen LogP contribution in [0.25, 0.3) is 0 Å². The van der Waals surface area contributed by atoms with Crippen LogP contribution < -0.4 is 5.32 Å². The van der Waals surface area contributed by atoms with E-state index in [9.17, 15) is 0 Å². The molecule has 0 spiro atoms. The first-order valence-corrected chi connectivity index (χ1v) is 6.92. The largest absolute Gasteiger partial charge is 0.310 e. The summed E-state index contributed by atoms with van der Waals surface area (Å²) in [5.74, 6) is 0.936. The summed E-state index contributed by atoms with van der Waals surface area (Å²) in [5, 5.41) is 15.5. The molecule has 2 aromatic rings. The van der Waals surface area contributed by atoms with Gasteiger partial charge in [0.2, 0.25) is 0 Å². The molecule has 0 unspecified atom stereocenters. The first kappa shape index (κ1) is 12.3. The molecule has 1 aromatic heterocycles. The molecule has 100 valence electrons. The summed E-state index contributed by atoms with van der Waals surface area (Å²) in [6.45, 7) is 3.90. The van der Waals surface area contributed by atoms with E-state index in [1.54, 1.807) is 0 Å². The zero-order valence-corrected chi connectivity index (χ0v) is 11.2. The number of nitrogens with zero attached hydrogens (tertiary/aromatic N) is 4. The third-order valence-corrected chi connectivity index (χ3v) is 3.65. The average molecular weight is 257 g/mol. The van der Waals surface area contributed by atoms with Gasteiger partial charge >= 0.3 is 0 Å². The van der Waals surface area contributed by atoms with E-state index in [4.69, 9.17) is 0 Å². The molecular weight excluding hydrogens is 238 g/mol. The highest BCUT2D eigenvalue weighted by molar-refractivity contribution is 5.32. The molecule has 0 saturated heterocycles. The molecule has 1 aliphatic carbocycles. The lowest BCUT2D eigenvalue weighted by Gasteiger charge is -2.11. The molecule has 0 bridgehead atoms. The molecule has 0 radical (unpaired) electrons. The van der Waals surface area contributed by atoms with Gasteiger partial charge in [0.05, 0.1) is 12.6 Å². The minimum Gasteiger partial charge on any atom is -0.310 e. The highest BCUT2D eigenvalue weighted by Gasteiger charge is 2.25. The van der Waals surface area contributed by atoms with Crippen LogP contribution in [0.3, 0.4) is 0 Å². The summed E-state index contributed by atoms with van der Waals surface area (Å²) in [6, 6.07) is 8.98. The van der Waals surface area contributed by atoms with Gasteiger partial charge < -0.3 is 5.32 Å². The third kappa shape index (κ3) is 2.51. The topological polar surface area (TPSA) is 55.6 Å². The van der Waals surface area contributed by atoms with Crippen molar-refractivity contribution in [2.75, 3.05) is 6.54 Å². The maximum absolute atomic E-state index is 4.18. The van der Waals surface area contributed by atoms with Gasteiger partial charge in [-0.1, -0.05) is 31.2 Å². The van der Waals surface area contributed by atoms with E-state index in [0.717, 1.165) is 38.2 Å². The van der Waals surface area contributed by atoms with E-state index in [0.29, 0.717) is 6.04 Å². The van der Waals surface area contributed by atoms with Gasteiger partial charge in [0, 0.05) is 0 Å². The molecule has 1 N–H and O–H groups in total. The average Bonchev–Trinajstić information content (AvgIpc) is 3.04. The number of benzene rings is 1. The first-order chi connectivity index (χ1) is 9.38. The maximum atomic E-state index is 4.18. The lowest BCUT2D eigenvalue weighted by molar-refractivity contribution is 0.437. The number of aromatic nitrogens is 4. The molecule has 5 nitrogen and oxygen atoms in total. The lowest BCUT2D eigenvalue weighted by Crippen LogP contribution is -2.21. The molecule has 0 amide bonds. The van der Waals surface area contributed by atoms with Gasteiger partial charge in [-0.25, -0.2) is 4.68 Å². The van der Waals surface area contributed by atoms with Crippen molar-refractivity contribution in [1.82, 2.24) is 25.5 Å². The Morgan fingerprint density at radius 1 is 1.26 bits per heavy atom. The normalized spacial score (nSPS) is 14.8. The van der Waals surface area contributed by atoms with E-state index >= 15 is 0 Å². The number of tetrazole rings is 1. The highest BCUT2D eigenvalue weighted by atomic mass is 15.6. The summed E-state index contributed by atoms with van der Waals surface area (Å²) in [5.41, 5.74) is 2.85. The molecule has 0 aliphatic heterocycles. The molecule has 0 saturated carbocycles. The van der Waals surface area contributed by atoms with Crippen molar-refractivity contribution in [3.05, 3.63) is 41.2 Å². The minimum atomic E-state index is 0.367. The molecule has 1 aliphatic rings. The highest BCUT2D eigenvalue weighted by Crippen LogP contribution is 2.29. The fraction of sp³-hybridized carbons (Fsp3) is 0.500. The van der Waals surface area contributed by atoms with E-state index in [-0.39, 0.29) is 0 Å². The molecular formula is C14H19N5. The third-order valence-electron chi connectivity index (χ3n) is 3.65. The van der Waals surface area contributed by atoms with Crippen LogP contribution in [0.15, 0.2) is 24.3 Å². The van der Waals surface area contributed by atoms with Crippen molar-refractivity contribution < 1.29 is 0 Å². The Balaban J connectivity index is 1.73. The Bertz CT molecular complexity index is 523.